The molecule has 1 amide bonds. The molecule has 26 heavy (non-hydrogen) atoms. The molecule has 5 nitrogen and oxygen atoms in total. The molecule has 2 aliphatic heterocycles. The molecule has 2 aliphatic rings. The Morgan fingerprint density at radius 1 is 1.19 bits per heavy atom. The number of hydrogen-bond acceptors (Lipinski definition) is 4. The van der Waals surface area contributed by atoms with Gasteiger partial charge in [0.2, 0.25) is 5.91 Å². The highest BCUT2D eigenvalue weighted by atomic mass is 16.2. The fourth-order valence-corrected chi connectivity index (χ4v) is 4.45. The van der Waals surface area contributed by atoms with Crippen molar-refractivity contribution in [2.45, 2.75) is 39.2 Å². The predicted molar refractivity (Wildman–Crippen MR) is 102 cm³/mol. The molecule has 0 aliphatic carbocycles. The molecule has 0 aromatic carbocycles. The molecule has 1 spiro atoms. The van der Waals surface area contributed by atoms with E-state index in [4.69, 9.17) is 0 Å². The summed E-state index contributed by atoms with van der Waals surface area (Å²) in [6, 6.07) is 8.26. The first-order chi connectivity index (χ1) is 12.6. The average Bonchev–Trinajstić information content (AvgIpc) is 2.66. The van der Waals surface area contributed by atoms with Crippen LogP contribution in [-0.4, -0.2) is 40.4 Å². The van der Waals surface area contributed by atoms with Crippen LogP contribution in [0, 0.1) is 12.3 Å². The van der Waals surface area contributed by atoms with Crippen molar-refractivity contribution < 1.29 is 4.79 Å². The second-order valence-corrected chi connectivity index (χ2v) is 7.79. The maximum absolute atomic E-state index is 12.5. The van der Waals surface area contributed by atoms with Gasteiger partial charge in [-0.3, -0.25) is 14.8 Å². The summed E-state index contributed by atoms with van der Waals surface area (Å²) in [4.78, 5) is 25.5. The number of carbonyl (C=O) groups excluding carboxylic acids is 1. The molecule has 0 radical (unpaired) electrons. The van der Waals surface area contributed by atoms with Crippen molar-refractivity contribution in [1.82, 2.24) is 14.9 Å². The van der Waals surface area contributed by atoms with Crippen molar-refractivity contribution in [1.29, 1.82) is 0 Å². The van der Waals surface area contributed by atoms with Gasteiger partial charge in [-0.25, -0.2) is 0 Å². The lowest BCUT2D eigenvalue weighted by molar-refractivity contribution is -0.138. The number of hydrogen-bond donors (Lipinski definition) is 0. The number of likely N-dealkylation sites (tertiary alicyclic amines) is 1. The zero-order valence-corrected chi connectivity index (χ0v) is 15.4. The summed E-state index contributed by atoms with van der Waals surface area (Å²) in [7, 11) is 0. The Kier molecular flexibility index (Phi) is 4.62. The summed E-state index contributed by atoms with van der Waals surface area (Å²) in [5, 5.41) is 0. The molecule has 0 saturated carbocycles. The number of piperidine rings is 2. The van der Waals surface area contributed by atoms with Crippen LogP contribution in [0.25, 0.3) is 0 Å². The largest absolute Gasteiger partial charge is 0.371 e. The van der Waals surface area contributed by atoms with Crippen molar-refractivity contribution in [3.63, 3.8) is 0 Å². The maximum atomic E-state index is 12.5. The first kappa shape index (κ1) is 17.0. The van der Waals surface area contributed by atoms with E-state index < -0.39 is 0 Å². The topological polar surface area (TPSA) is 49.3 Å². The lowest BCUT2D eigenvalue weighted by Crippen LogP contribution is -2.53. The van der Waals surface area contributed by atoms with Crippen molar-refractivity contribution in [3.05, 3.63) is 54.1 Å². The summed E-state index contributed by atoms with van der Waals surface area (Å²) in [6.07, 6.45) is 9.56. The molecule has 0 bridgehead atoms. The zero-order valence-electron chi connectivity index (χ0n) is 15.4. The summed E-state index contributed by atoms with van der Waals surface area (Å²) in [6.45, 7) is 5.66. The van der Waals surface area contributed by atoms with E-state index in [-0.39, 0.29) is 11.3 Å². The number of pyridine rings is 2. The first-order valence-corrected chi connectivity index (χ1v) is 9.48. The smallest absolute Gasteiger partial charge is 0.222 e. The Morgan fingerprint density at radius 2 is 2.12 bits per heavy atom. The van der Waals surface area contributed by atoms with Gasteiger partial charge in [0, 0.05) is 68.0 Å². The number of rotatable bonds is 3. The summed E-state index contributed by atoms with van der Waals surface area (Å²) >= 11 is 0. The number of aromatic nitrogens is 2. The SMILES string of the molecule is Cc1cc(N2CCCC3(CCC(=O)N(Cc4cccnc4)C3)C2)ccn1. The lowest BCUT2D eigenvalue weighted by Gasteiger charge is -2.49. The molecule has 0 N–H and O–H groups in total. The van der Waals surface area contributed by atoms with E-state index in [9.17, 15) is 4.79 Å². The maximum Gasteiger partial charge on any atom is 0.222 e. The molecule has 2 fully saturated rings. The summed E-state index contributed by atoms with van der Waals surface area (Å²) in [5.41, 5.74) is 3.62. The molecule has 2 aromatic rings. The van der Waals surface area contributed by atoms with Gasteiger partial charge in [-0.2, -0.15) is 0 Å². The highest BCUT2D eigenvalue weighted by Crippen LogP contribution is 2.40. The average molecular weight is 350 g/mol. The Balaban J connectivity index is 1.51. The normalized spacial score (nSPS) is 23.5. The van der Waals surface area contributed by atoms with E-state index in [2.05, 4.69) is 33.1 Å². The second-order valence-electron chi connectivity index (χ2n) is 7.79. The number of anilines is 1. The minimum atomic E-state index is 0.200. The molecular formula is C21H26N4O. The quantitative estimate of drug-likeness (QED) is 0.853. The fraction of sp³-hybridized carbons (Fsp3) is 0.476. The van der Waals surface area contributed by atoms with E-state index >= 15 is 0 Å². The van der Waals surface area contributed by atoms with Crippen LogP contribution in [0.2, 0.25) is 0 Å². The first-order valence-electron chi connectivity index (χ1n) is 9.48. The van der Waals surface area contributed by atoms with Crippen LogP contribution >= 0.6 is 0 Å². The van der Waals surface area contributed by atoms with Gasteiger partial charge in [-0.05, 0) is 49.9 Å². The fourth-order valence-electron chi connectivity index (χ4n) is 4.45. The summed E-state index contributed by atoms with van der Waals surface area (Å²) in [5.74, 6) is 0.274. The van der Waals surface area contributed by atoms with Crippen LogP contribution in [0.3, 0.4) is 0 Å². The lowest BCUT2D eigenvalue weighted by atomic mass is 9.73. The van der Waals surface area contributed by atoms with E-state index in [1.807, 2.05) is 30.3 Å². The van der Waals surface area contributed by atoms with Crippen LogP contribution in [-0.2, 0) is 11.3 Å². The van der Waals surface area contributed by atoms with E-state index in [0.717, 1.165) is 37.3 Å². The Morgan fingerprint density at radius 3 is 2.92 bits per heavy atom. The number of nitrogens with zero attached hydrogens (tertiary/aromatic N) is 4. The second kappa shape index (κ2) is 7.06. The van der Waals surface area contributed by atoms with Gasteiger partial charge in [0.1, 0.15) is 0 Å². The third kappa shape index (κ3) is 3.57. The van der Waals surface area contributed by atoms with Crippen LogP contribution in [0.5, 0.6) is 0 Å². The zero-order chi connectivity index (χ0) is 18.0. The van der Waals surface area contributed by atoms with Crippen LogP contribution in [0.15, 0.2) is 42.9 Å². The van der Waals surface area contributed by atoms with E-state index in [1.54, 1.807) is 6.20 Å². The molecule has 136 valence electrons. The van der Waals surface area contributed by atoms with Gasteiger partial charge in [0.15, 0.2) is 0 Å². The monoisotopic (exact) mass is 350 g/mol. The molecular weight excluding hydrogens is 324 g/mol. The van der Waals surface area contributed by atoms with Crippen LogP contribution in [0.1, 0.15) is 36.9 Å². The molecule has 2 aromatic heterocycles. The minimum Gasteiger partial charge on any atom is -0.371 e. The molecule has 1 unspecified atom stereocenters. The highest BCUT2D eigenvalue weighted by molar-refractivity contribution is 5.77. The van der Waals surface area contributed by atoms with Crippen LogP contribution in [0.4, 0.5) is 5.69 Å². The van der Waals surface area contributed by atoms with Crippen molar-refractivity contribution in [3.8, 4) is 0 Å². The van der Waals surface area contributed by atoms with Gasteiger partial charge >= 0.3 is 0 Å². The van der Waals surface area contributed by atoms with E-state index in [1.165, 1.54) is 18.5 Å². The van der Waals surface area contributed by atoms with Gasteiger partial charge in [-0.15, -0.1) is 0 Å². The van der Waals surface area contributed by atoms with Crippen LogP contribution < -0.4 is 4.90 Å². The molecule has 2 saturated heterocycles. The number of carbonyl (C=O) groups is 1. The van der Waals surface area contributed by atoms with E-state index in [0.29, 0.717) is 13.0 Å². The minimum absolute atomic E-state index is 0.200. The molecule has 5 heteroatoms. The van der Waals surface area contributed by atoms with Crippen molar-refractivity contribution in [2.24, 2.45) is 5.41 Å². The van der Waals surface area contributed by atoms with Gasteiger partial charge < -0.3 is 9.80 Å². The number of aryl methyl sites for hydroxylation is 1. The Bertz CT molecular complexity index is 779. The molecule has 1 atom stereocenters. The number of amides is 1. The predicted octanol–water partition coefficient (Wildman–Crippen LogP) is 3.19. The van der Waals surface area contributed by atoms with Crippen molar-refractivity contribution in [2.75, 3.05) is 24.5 Å². The Labute approximate surface area is 155 Å². The molecule has 4 rings (SSSR count). The van der Waals surface area contributed by atoms with Gasteiger partial charge in [0.25, 0.3) is 0 Å². The van der Waals surface area contributed by atoms with Gasteiger partial charge in [-0.1, -0.05) is 6.07 Å². The third-order valence-corrected chi connectivity index (χ3v) is 5.75. The third-order valence-electron chi connectivity index (χ3n) is 5.75. The Hall–Kier alpha value is -2.43. The highest BCUT2D eigenvalue weighted by Gasteiger charge is 2.41. The van der Waals surface area contributed by atoms with Crippen molar-refractivity contribution >= 4 is 11.6 Å². The van der Waals surface area contributed by atoms with Gasteiger partial charge in [0.05, 0.1) is 0 Å². The standard InChI is InChI=1S/C21H26N4O/c1-17-12-19(6-10-23-17)24-11-3-7-21(15-24)8-5-20(26)25(16-21)14-18-4-2-9-22-13-18/h2,4,6,9-10,12-13H,3,5,7-8,11,14-16H2,1H3. The summed E-state index contributed by atoms with van der Waals surface area (Å²) < 4.78 is 0. The molecule has 4 heterocycles.